The molecule has 2 N–H and O–H groups in total. The van der Waals surface area contributed by atoms with Gasteiger partial charge in [-0.25, -0.2) is 0 Å². The summed E-state index contributed by atoms with van der Waals surface area (Å²) in [5, 5.41) is 0. The van der Waals surface area contributed by atoms with Crippen LogP contribution in [0.25, 0.3) is 16.8 Å². The number of para-hydroxylation sites is 1. The molecular weight excluding hydrogens is 393 g/mol. The molecule has 154 valence electrons. The number of alkyl halides is 3. The average molecular weight is 412 g/mol. The highest BCUT2D eigenvalue weighted by Gasteiger charge is 2.30. The zero-order chi connectivity index (χ0) is 21.6. The van der Waals surface area contributed by atoms with Gasteiger partial charge in [-0.1, -0.05) is 67.2 Å². The second-order valence-corrected chi connectivity index (χ2v) is 6.38. The molecule has 1 amide bonds. The lowest BCUT2D eigenvalue weighted by Gasteiger charge is -2.14. The Balaban J connectivity index is 1.57. The number of carbonyl (C=O) groups is 1. The quantitative estimate of drug-likeness (QED) is 0.535. The fourth-order valence-electron chi connectivity index (χ4n) is 2.73. The molecule has 0 saturated carbocycles. The summed E-state index contributed by atoms with van der Waals surface area (Å²) in [6, 6.07) is 21.5. The number of benzene rings is 3. The first-order valence-electron chi connectivity index (χ1n) is 9.03. The van der Waals surface area contributed by atoms with Gasteiger partial charge in [-0.05, 0) is 29.3 Å². The van der Waals surface area contributed by atoms with Crippen LogP contribution in [0.2, 0.25) is 0 Å². The van der Waals surface area contributed by atoms with E-state index in [0.29, 0.717) is 5.75 Å². The van der Waals surface area contributed by atoms with Crippen LogP contribution < -0.4 is 15.6 Å². The lowest BCUT2D eigenvalue weighted by atomic mass is 10.1. The van der Waals surface area contributed by atoms with Crippen molar-refractivity contribution in [1.29, 1.82) is 0 Å². The van der Waals surface area contributed by atoms with Gasteiger partial charge in [0.2, 0.25) is 0 Å². The molecule has 0 aliphatic carbocycles. The standard InChI is InChI=1S/C23H19F3N2O2/c1-16(18-10-7-11-19(14-18)23(24,25)26)27-28-22(29)15-30-21-13-6-5-12-20(21)17-8-3-2-4-9-17/h2-14,27H,1,15H2,(H,28,29). The molecule has 0 radical (unpaired) electrons. The summed E-state index contributed by atoms with van der Waals surface area (Å²) >= 11 is 0. The number of hydrogen-bond donors (Lipinski definition) is 2. The van der Waals surface area contributed by atoms with Crippen LogP contribution >= 0.6 is 0 Å². The molecule has 0 unspecified atom stereocenters. The summed E-state index contributed by atoms with van der Waals surface area (Å²) in [7, 11) is 0. The topological polar surface area (TPSA) is 50.4 Å². The maximum Gasteiger partial charge on any atom is 0.416 e. The number of amides is 1. The van der Waals surface area contributed by atoms with Crippen molar-refractivity contribution in [2.24, 2.45) is 0 Å². The minimum Gasteiger partial charge on any atom is -0.483 e. The van der Waals surface area contributed by atoms with E-state index in [2.05, 4.69) is 17.4 Å². The smallest absolute Gasteiger partial charge is 0.416 e. The summed E-state index contributed by atoms with van der Waals surface area (Å²) in [4.78, 5) is 12.1. The highest BCUT2D eigenvalue weighted by atomic mass is 19.4. The minimum atomic E-state index is -4.46. The van der Waals surface area contributed by atoms with Crippen molar-refractivity contribution in [3.05, 3.63) is 96.6 Å². The number of carbonyl (C=O) groups excluding carboxylic acids is 1. The van der Waals surface area contributed by atoms with E-state index in [1.807, 2.05) is 42.5 Å². The molecule has 30 heavy (non-hydrogen) atoms. The Morgan fingerprint density at radius 1 is 0.900 bits per heavy atom. The second kappa shape index (κ2) is 9.17. The SMILES string of the molecule is C=C(NNC(=O)COc1ccccc1-c1ccccc1)c1cccc(C(F)(F)F)c1. The minimum absolute atomic E-state index is 0.124. The predicted octanol–water partition coefficient (Wildman–Crippen LogP) is 5.04. The molecule has 3 aromatic rings. The van der Waals surface area contributed by atoms with Crippen LogP contribution in [0.5, 0.6) is 5.75 Å². The molecule has 0 heterocycles. The van der Waals surface area contributed by atoms with Gasteiger partial charge in [-0.15, -0.1) is 0 Å². The van der Waals surface area contributed by atoms with Crippen molar-refractivity contribution in [2.45, 2.75) is 6.18 Å². The molecule has 0 saturated heterocycles. The first-order chi connectivity index (χ1) is 14.3. The van der Waals surface area contributed by atoms with E-state index >= 15 is 0 Å². The van der Waals surface area contributed by atoms with E-state index in [-0.39, 0.29) is 17.9 Å². The summed E-state index contributed by atoms with van der Waals surface area (Å²) in [6.45, 7) is 3.37. The molecule has 0 aromatic heterocycles. The van der Waals surface area contributed by atoms with Crippen molar-refractivity contribution >= 4 is 11.6 Å². The highest BCUT2D eigenvalue weighted by Crippen LogP contribution is 2.31. The van der Waals surface area contributed by atoms with E-state index in [4.69, 9.17) is 4.74 Å². The van der Waals surface area contributed by atoms with Crippen molar-refractivity contribution < 1.29 is 22.7 Å². The second-order valence-electron chi connectivity index (χ2n) is 6.38. The van der Waals surface area contributed by atoms with Crippen molar-refractivity contribution in [3.8, 4) is 16.9 Å². The summed E-state index contributed by atoms with van der Waals surface area (Å²) in [5.74, 6) is 0.0292. The maximum atomic E-state index is 12.8. The number of rotatable bonds is 7. The van der Waals surface area contributed by atoms with Crippen LogP contribution in [0.1, 0.15) is 11.1 Å². The molecule has 0 aliphatic rings. The third-order valence-corrected chi connectivity index (χ3v) is 4.22. The lowest BCUT2D eigenvalue weighted by molar-refractivity contribution is -0.137. The van der Waals surface area contributed by atoms with Crippen LogP contribution in [0.15, 0.2) is 85.4 Å². The van der Waals surface area contributed by atoms with Crippen LogP contribution in [-0.4, -0.2) is 12.5 Å². The van der Waals surface area contributed by atoms with Crippen LogP contribution in [0.4, 0.5) is 13.2 Å². The molecule has 0 fully saturated rings. The monoisotopic (exact) mass is 412 g/mol. The van der Waals surface area contributed by atoms with Gasteiger partial charge in [-0.3, -0.25) is 15.6 Å². The number of halogens is 3. The van der Waals surface area contributed by atoms with Crippen molar-refractivity contribution in [1.82, 2.24) is 10.9 Å². The van der Waals surface area contributed by atoms with E-state index in [9.17, 15) is 18.0 Å². The fourth-order valence-corrected chi connectivity index (χ4v) is 2.73. The van der Waals surface area contributed by atoms with Gasteiger partial charge >= 0.3 is 6.18 Å². The molecule has 3 aromatic carbocycles. The van der Waals surface area contributed by atoms with Gasteiger partial charge in [-0.2, -0.15) is 13.2 Å². The van der Waals surface area contributed by atoms with Gasteiger partial charge in [0.15, 0.2) is 6.61 Å². The van der Waals surface area contributed by atoms with E-state index in [1.165, 1.54) is 12.1 Å². The molecule has 7 heteroatoms. The van der Waals surface area contributed by atoms with E-state index in [0.717, 1.165) is 23.3 Å². The van der Waals surface area contributed by atoms with Crippen LogP contribution in [0, 0.1) is 0 Å². The fraction of sp³-hybridized carbons (Fsp3) is 0.0870. The Kier molecular flexibility index (Phi) is 6.41. The Bertz CT molecular complexity index is 1030. The molecular formula is C23H19F3N2O2. The summed E-state index contributed by atoms with van der Waals surface area (Å²) < 4.78 is 44.1. The van der Waals surface area contributed by atoms with Crippen LogP contribution in [-0.2, 0) is 11.0 Å². The largest absolute Gasteiger partial charge is 0.483 e. The van der Waals surface area contributed by atoms with Gasteiger partial charge < -0.3 is 4.74 Å². The third kappa shape index (κ3) is 5.41. The summed E-state index contributed by atoms with van der Waals surface area (Å²) in [5.41, 5.74) is 6.22. The molecule has 0 atom stereocenters. The first kappa shape index (κ1) is 21.0. The molecule has 3 rings (SSSR count). The number of ether oxygens (including phenoxy) is 1. The molecule has 4 nitrogen and oxygen atoms in total. The Labute approximate surface area is 172 Å². The lowest BCUT2D eigenvalue weighted by Crippen LogP contribution is -2.39. The average Bonchev–Trinajstić information content (AvgIpc) is 2.76. The van der Waals surface area contributed by atoms with Gasteiger partial charge in [0.05, 0.1) is 11.3 Å². The highest BCUT2D eigenvalue weighted by molar-refractivity contribution is 5.79. The first-order valence-corrected chi connectivity index (χ1v) is 9.03. The molecule has 0 bridgehead atoms. The van der Waals surface area contributed by atoms with Gasteiger partial charge in [0.1, 0.15) is 5.75 Å². The van der Waals surface area contributed by atoms with Crippen molar-refractivity contribution in [2.75, 3.05) is 6.61 Å². The Hall–Kier alpha value is -3.74. The number of hydrazine groups is 1. The van der Waals surface area contributed by atoms with Crippen LogP contribution in [0.3, 0.4) is 0 Å². The molecule has 0 spiro atoms. The third-order valence-electron chi connectivity index (χ3n) is 4.22. The number of hydrogen-bond acceptors (Lipinski definition) is 3. The van der Waals surface area contributed by atoms with E-state index in [1.54, 1.807) is 12.1 Å². The van der Waals surface area contributed by atoms with Crippen molar-refractivity contribution in [3.63, 3.8) is 0 Å². The van der Waals surface area contributed by atoms with E-state index < -0.39 is 17.6 Å². The Morgan fingerprint density at radius 3 is 2.33 bits per heavy atom. The van der Waals surface area contributed by atoms with Gasteiger partial charge in [0, 0.05) is 5.56 Å². The zero-order valence-corrected chi connectivity index (χ0v) is 15.9. The Morgan fingerprint density at radius 2 is 1.60 bits per heavy atom. The maximum absolute atomic E-state index is 12.8. The predicted molar refractivity (Wildman–Crippen MR) is 109 cm³/mol. The summed E-state index contributed by atoms with van der Waals surface area (Å²) in [6.07, 6.45) is -4.46. The zero-order valence-electron chi connectivity index (χ0n) is 15.9. The normalized spacial score (nSPS) is 10.9. The van der Waals surface area contributed by atoms with Gasteiger partial charge in [0.25, 0.3) is 5.91 Å². The molecule has 0 aliphatic heterocycles. The number of nitrogens with one attached hydrogen (secondary N) is 2.